The number of amides is 1. The van der Waals surface area contributed by atoms with Crippen molar-refractivity contribution in [3.63, 3.8) is 0 Å². The number of benzene rings is 1. The first-order chi connectivity index (χ1) is 8.08. The third-order valence-corrected chi connectivity index (χ3v) is 3.57. The van der Waals surface area contributed by atoms with Gasteiger partial charge in [-0.15, -0.1) is 0 Å². The van der Waals surface area contributed by atoms with Crippen molar-refractivity contribution in [1.29, 1.82) is 0 Å². The fraction of sp³-hybridized carbons (Fsp3) is 0.417. The minimum absolute atomic E-state index is 0.0193. The Labute approximate surface area is 111 Å². The topological polar surface area (TPSA) is 32.3 Å². The summed E-state index contributed by atoms with van der Waals surface area (Å²) < 4.78 is 0. The number of hydrogen-bond donors (Lipinski definition) is 1. The summed E-state index contributed by atoms with van der Waals surface area (Å²) in [5.74, 6) is -0.0193. The molecule has 0 spiro atoms. The molecule has 0 aliphatic carbocycles. The molecule has 0 aromatic heterocycles. The van der Waals surface area contributed by atoms with E-state index in [4.69, 9.17) is 23.2 Å². The van der Waals surface area contributed by atoms with Gasteiger partial charge < -0.3 is 5.32 Å². The van der Waals surface area contributed by atoms with Gasteiger partial charge in [0, 0.05) is 5.02 Å². The first-order valence-electron chi connectivity index (χ1n) is 5.54. The molecule has 1 amide bonds. The van der Waals surface area contributed by atoms with Crippen LogP contribution in [0.2, 0.25) is 10.0 Å². The second kappa shape index (κ2) is 5.25. The number of likely N-dealkylation sites (N-methyl/N-ethyl adjacent to an activating group) is 1. The Hall–Kier alpha value is -0.770. The molecule has 2 rings (SSSR count). The molecule has 1 aliphatic rings. The van der Waals surface area contributed by atoms with Gasteiger partial charge in [-0.1, -0.05) is 23.2 Å². The van der Waals surface area contributed by atoms with E-state index in [9.17, 15) is 4.79 Å². The molecular formula is C12H14Cl2N2O. The van der Waals surface area contributed by atoms with E-state index in [2.05, 4.69) is 5.32 Å². The molecule has 1 fully saturated rings. The summed E-state index contributed by atoms with van der Waals surface area (Å²) in [5, 5.41) is 3.89. The average Bonchev–Trinajstić information content (AvgIpc) is 2.70. The lowest BCUT2D eigenvalue weighted by Gasteiger charge is -2.19. The van der Waals surface area contributed by atoms with Gasteiger partial charge >= 0.3 is 0 Å². The number of carbonyl (C=O) groups is 1. The minimum atomic E-state index is -0.0648. The fourth-order valence-corrected chi connectivity index (χ4v) is 2.39. The van der Waals surface area contributed by atoms with E-state index >= 15 is 0 Å². The van der Waals surface area contributed by atoms with Crippen LogP contribution in [0.5, 0.6) is 0 Å². The van der Waals surface area contributed by atoms with Gasteiger partial charge in [-0.05, 0) is 44.6 Å². The van der Waals surface area contributed by atoms with Crippen molar-refractivity contribution in [1.82, 2.24) is 4.90 Å². The lowest BCUT2D eigenvalue weighted by Crippen LogP contribution is -2.37. The minimum Gasteiger partial charge on any atom is -0.323 e. The summed E-state index contributed by atoms with van der Waals surface area (Å²) in [6.07, 6.45) is 1.94. The molecule has 1 aromatic rings. The van der Waals surface area contributed by atoms with Crippen LogP contribution < -0.4 is 5.32 Å². The smallest absolute Gasteiger partial charge is 0.241 e. The molecule has 1 heterocycles. The Morgan fingerprint density at radius 3 is 2.88 bits per heavy atom. The molecule has 92 valence electrons. The number of rotatable bonds is 2. The molecule has 1 saturated heterocycles. The van der Waals surface area contributed by atoms with Crippen LogP contribution in [-0.2, 0) is 4.79 Å². The van der Waals surface area contributed by atoms with Gasteiger partial charge in [-0.3, -0.25) is 9.69 Å². The molecule has 1 aliphatic heterocycles. The lowest BCUT2D eigenvalue weighted by molar-refractivity contribution is -0.119. The second-order valence-corrected chi connectivity index (χ2v) is 5.10. The Balaban J connectivity index is 2.10. The van der Waals surface area contributed by atoms with Crippen LogP contribution in [0.25, 0.3) is 0 Å². The number of halogens is 2. The quantitative estimate of drug-likeness (QED) is 0.898. The third-order valence-electron chi connectivity index (χ3n) is 3.01. The van der Waals surface area contributed by atoms with Crippen LogP contribution in [0.3, 0.4) is 0 Å². The standard InChI is InChI=1S/C12H14Cl2N2O/c1-16-6-2-3-11(16)12(17)15-10-7-8(13)4-5-9(10)14/h4-5,7,11H,2-3,6H2,1H3,(H,15,17). The SMILES string of the molecule is CN1CCCC1C(=O)Nc1cc(Cl)ccc1Cl. The van der Waals surface area contributed by atoms with Gasteiger partial charge in [0.25, 0.3) is 0 Å². The fourth-order valence-electron chi connectivity index (χ4n) is 2.05. The highest BCUT2D eigenvalue weighted by molar-refractivity contribution is 6.35. The van der Waals surface area contributed by atoms with E-state index in [0.29, 0.717) is 15.7 Å². The Bertz CT molecular complexity index is 437. The zero-order valence-corrected chi connectivity index (χ0v) is 11.1. The van der Waals surface area contributed by atoms with Crippen molar-refractivity contribution in [2.75, 3.05) is 18.9 Å². The first kappa shape index (κ1) is 12.7. The number of anilines is 1. The predicted molar refractivity (Wildman–Crippen MR) is 70.7 cm³/mol. The van der Waals surface area contributed by atoms with E-state index in [1.807, 2.05) is 11.9 Å². The third kappa shape index (κ3) is 2.92. The van der Waals surface area contributed by atoms with Crippen molar-refractivity contribution in [3.05, 3.63) is 28.2 Å². The maximum Gasteiger partial charge on any atom is 0.241 e. The molecule has 0 radical (unpaired) electrons. The maximum absolute atomic E-state index is 12.0. The van der Waals surface area contributed by atoms with E-state index in [1.165, 1.54) is 0 Å². The highest BCUT2D eigenvalue weighted by atomic mass is 35.5. The van der Waals surface area contributed by atoms with Gasteiger partial charge in [0.05, 0.1) is 16.8 Å². The predicted octanol–water partition coefficient (Wildman–Crippen LogP) is 3.03. The molecule has 17 heavy (non-hydrogen) atoms. The zero-order chi connectivity index (χ0) is 12.4. The van der Waals surface area contributed by atoms with Gasteiger partial charge in [0.1, 0.15) is 0 Å². The lowest BCUT2D eigenvalue weighted by atomic mass is 10.2. The summed E-state index contributed by atoms with van der Waals surface area (Å²) in [6.45, 7) is 0.960. The molecule has 1 unspecified atom stereocenters. The monoisotopic (exact) mass is 272 g/mol. The zero-order valence-electron chi connectivity index (χ0n) is 9.54. The number of nitrogens with one attached hydrogen (secondary N) is 1. The van der Waals surface area contributed by atoms with E-state index in [-0.39, 0.29) is 11.9 Å². The van der Waals surface area contributed by atoms with Crippen molar-refractivity contribution < 1.29 is 4.79 Å². The van der Waals surface area contributed by atoms with Crippen LogP contribution >= 0.6 is 23.2 Å². The first-order valence-corrected chi connectivity index (χ1v) is 6.29. The van der Waals surface area contributed by atoms with Crippen molar-refractivity contribution in [2.45, 2.75) is 18.9 Å². The van der Waals surface area contributed by atoms with E-state index in [1.54, 1.807) is 18.2 Å². The Kier molecular flexibility index (Phi) is 3.92. The van der Waals surface area contributed by atoms with Crippen LogP contribution in [0, 0.1) is 0 Å². The average molecular weight is 273 g/mol. The molecule has 0 saturated carbocycles. The van der Waals surface area contributed by atoms with Crippen molar-refractivity contribution in [3.8, 4) is 0 Å². The molecule has 1 aromatic carbocycles. The molecule has 3 nitrogen and oxygen atoms in total. The summed E-state index contributed by atoms with van der Waals surface area (Å²) in [6, 6.07) is 4.97. The molecular weight excluding hydrogens is 259 g/mol. The summed E-state index contributed by atoms with van der Waals surface area (Å²) in [4.78, 5) is 14.1. The van der Waals surface area contributed by atoms with Crippen LogP contribution in [0.1, 0.15) is 12.8 Å². The maximum atomic E-state index is 12.0. The van der Waals surface area contributed by atoms with Crippen LogP contribution in [-0.4, -0.2) is 30.4 Å². The van der Waals surface area contributed by atoms with E-state index < -0.39 is 0 Å². The number of likely N-dealkylation sites (tertiary alicyclic amines) is 1. The molecule has 1 N–H and O–H groups in total. The molecule has 0 bridgehead atoms. The summed E-state index contributed by atoms with van der Waals surface area (Å²) in [7, 11) is 1.96. The number of hydrogen-bond acceptors (Lipinski definition) is 2. The number of nitrogens with zero attached hydrogens (tertiary/aromatic N) is 1. The van der Waals surface area contributed by atoms with Crippen LogP contribution in [0.4, 0.5) is 5.69 Å². The Morgan fingerprint density at radius 1 is 1.47 bits per heavy atom. The Morgan fingerprint density at radius 2 is 2.24 bits per heavy atom. The number of carbonyl (C=O) groups excluding carboxylic acids is 1. The molecule has 5 heteroatoms. The highest BCUT2D eigenvalue weighted by Gasteiger charge is 2.27. The van der Waals surface area contributed by atoms with Crippen molar-refractivity contribution >= 4 is 34.8 Å². The van der Waals surface area contributed by atoms with Crippen molar-refractivity contribution in [2.24, 2.45) is 0 Å². The van der Waals surface area contributed by atoms with Gasteiger partial charge in [-0.2, -0.15) is 0 Å². The normalized spacial score (nSPS) is 20.5. The van der Waals surface area contributed by atoms with Crippen LogP contribution in [0.15, 0.2) is 18.2 Å². The second-order valence-electron chi connectivity index (χ2n) is 4.25. The van der Waals surface area contributed by atoms with E-state index in [0.717, 1.165) is 19.4 Å². The largest absolute Gasteiger partial charge is 0.323 e. The van der Waals surface area contributed by atoms with Gasteiger partial charge in [0.2, 0.25) is 5.91 Å². The summed E-state index contributed by atoms with van der Waals surface area (Å²) >= 11 is 11.9. The van der Waals surface area contributed by atoms with Gasteiger partial charge in [-0.25, -0.2) is 0 Å². The summed E-state index contributed by atoms with van der Waals surface area (Å²) in [5.41, 5.74) is 0.574. The molecule has 1 atom stereocenters. The highest BCUT2D eigenvalue weighted by Crippen LogP contribution is 2.26. The van der Waals surface area contributed by atoms with Gasteiger partial charge in [0.15, 0.2) is 0 Å².